The van der Waals surface area contributed by atoms with Crippen molar-refractivity contribution in [2.45, 2.75) is 45.8 Å². The number of aliphatic imine (C=N–C) groups is 1. The zero-order valence-electron chi connectivity index (χ0n) is 14.9. The summed E-state index contributed by atoms with van der Waals surface area (Å²) >= 11 is 0. The smallest absolute Gasteiger partial charge is 0.191 e. The van der Waals surface area contributed by atoms with Gasteiger partial charge in [0.1, 0.15) is 11.9 Å². The molecule has 1 fully saturated rings. The van der Waals surface area contributed by atoms with Gasteiger partial charge in [-0.3, -0.25) is 0 Å². The van der Waals surface area contributed by atoms with Gasteiger partial charge in [0.2, 0.25) is 0 Å². The molecule has 1 aliphatic rings. The summed E-state index contributed by atoms with van der Waals surface area (Å²) in [5.41, 5.74) is 1.15. The number of nitrogens with zero attached hydrogens (tertiary/aromatic N) is 1. The van der Waals surface area contributed by atoms with Crippen LogP contribution in [0.4, 0.5) is 0 Å². The monoisotopic (exact) mass is 447 g/mol. The van der Waals surface area contributed by atoms with Gasteiger partial charge in [-0.15, -0.1) is 24.0 Å². The zero-order chi connectivity index (χ0) is 16.5. The Morgan fingerprint density at radius 1 is 1.38 bits per heavy atom. The second kappa shape index (κ2) is 11.5. The van der Waals surface area contributed by atoms with Crippen molar-refractivity contribution in [2.75, 3.05) is 26.2 Å². The molecule has 0 aromatic heterocycles. The van der Waals surface area contributed by atoms with Gasteiger partial charge in [0, 0.05) is 19.7 Å². The van der Waals surface area contributed by atoms with Gasteiger partial charge in [-0.1, -0.05) is 18.2 Å². The molecule has 24 heavy (non-hydrogen) atoms. The van der Waals surface area contributed by atoms with Gasteiger partial charge in [-0.05, 0) is 45.2 Å². The molecule has 6 heteroatoms. The Bertz CT molecular complexity index is 505. The number of ether oxygens (including phenoxy) is 2. The minimum absolute atomic E-state index is 0. The number of hydrogen-bond donors (Lipinski definition) is 2. The number of para-hydroxylation sites is 1. The second-order valence-electron chi connectivity index (χ2n) is 5.93. The van der Waals surface area contributed by atoms with Crippen LogP contribution in [0.15, 0.2) is 29.3 Å². The van der Waals surface area contributed by atoms with Crippen LogP contribution in [-0.4, -0.2) is 44.4 Å². The van der Waals surface area contributed by atoms with Crippen LogP contribution < -0.4 is 15.4 Å². The fraction of sp³-hybridized carbons (Fsp3) is 0.611. The molecule has 136 valence electrons. The van der Waals surface area contributed by atoms with Crippen molar-refractivity contribution < 1.29 is 9.47 Å². The average molecular weight is 447 g/mol. The van der Waals surface area contributed by atoms with Crippen molar-refractivity contribution in [3.63, 3.8) is 0 Å². The van der Waals surface area contributed by atoms with Crippen molar-refractivity contribution >= 4 is 29.9 Å². The molecule has 2 rings (SSSR count). The molecule has 1 aromatic rings. The van der Waals surface area contributed by atoms with Crippen LogP contribution in [0.2, 0.25) is 0 Å². The van der Waals surface area contributed by atoms with Gasteiger partial charge in [-0.25, -0.2) is 4.99 Å². The van der Waals surface area contributed by atoms with Crippen LogP contribution in [0.5, 0.6) is 5.75 Å². The number of aryl methyl sites for hydroxylation is 1. The molecule has 5 nitrogen and oxygen atoms in total. The predicted molar refractivity (Wildman–Crippen MR) is 110 cm³/mol. The molecule has 1 saturated heterocycles. The predicted octanol–water partition coefficient (Wildman–Crippen LogP) is 3.11. The maximum absolute atomic E-state index is 5.96. The normalized spacial score (nSPS) is 18.6. The molecule has 2 N–H and O–H groups in total. The molecule has 2 atom stereocenters. The maximum atomic E-state index is 5.96. The van der Waals surface area contributed by atoms with E-state index in [-0.39, 0.29) is 30.1 Å². The van der Waals surface area contributed by atoms with Crippen LogP contribution >= 0.6 is 24.0 Å². The van der Waals surface area contributed by atoms with Crippen LogP contribution in [-0.2, 0) is 4.74 Å². The van der Waals surface area contributed by atoms with Gasteiger partial charge in [0.15, 0.2) is 5.96 Å². The van der Waals surface area contributed by atoms with Gasteiger partial charge >= 0.3 is 0 Å². The summed E-state index contributed by atoms with van der Waals surface area (Å²) in [7, 11) is 0. The van der Waals surface area contributed by atoms with Crippen LogP contribution in [0.1, 0.15) is 32.3 Å². The fourth-order valence-corrected chi connectivity index (χ4v) is 2.52. The van der Waals surface area contributed by atoms with E-state index in [4.69, 9.17) is 9.47 Å². The van der Waals surface area contributed by atoms with Crippen molar-refractivity contribution in [3.8, 4) is 5.75 Å². The van der Waals surface area contributed by atoms with Gasteiger partial charge in [0.05, 0.1) is 12.6 Å². The third-order valence-corrected chi connectivity index (χ3v) is 3.79. The Labute approximate surface area is 162 Å². The largest absolute Gasteiger partial charge is 0.489 e. The van der Waals surface area contributed by atoms with Crippen LogP contribution in [0, 0.1) is 6.92 Å². The Hall–Kier alpha value is -1.02. The zero-order valence-corrected chi connectivity index (χ0v) is 17.2. The van der Waals surface area contributed by atoms with Crippen molar-refractivity contribution in [1.29, 1.82) is 0 Å². The first kappa shape index (κ1) is 21.0. The van der Waals surface area contributed by atoms with E-state index in [2.05, 4.69) is 35.5 Å². The molecule has 2 unspecified atom stereocenters. The van der Waals surface area contributed by atoms with Gasteiger partial charge in [-0.2, -0.15) is 0 Å². The standard InChI is InChI=1S/C18H29N3O2.HI/c1-4-19-18(21-13-16-9-7-11-22-16)20-12-15(3)23-17-10-6-5-8-14(17)2;/h5-6,8,10,15-16H,4,7,9,11-13H2,1-3H3,(H2,19,20,21);1H. The van der Waals surface area contributed by atoms with Crippen molar-refractivity contribution in [2.24, 2.45) is 4.99 Å². The number of rotatable bonds is 7. The van der Waals surface area contributed by atoms with Crippen LogP contribution in [0.3, 0.4) is 0 Å². The lowest BCUT2D eigenvalue weighted by atomic mass is 10.2. The van der Waals surface area contributed by atoms with E-state index in [1.807, 2.05) is 25.1 Å². The molecule has 0 bridgehead atoms. The Kier molecular flexibility index (Phi) is 10.1. The molecule has 0 saturated carbocycles. The summed E-state index contributed by atoms with van der Waals surface area (Å²) in [5.74, 6) is 1.75. The number of guanidine groups is 1. The molecular formula is C18H30IN3O2. The quantitative estimate of drug-likeness (QED) is 0.383. The average Bonchev–Trinajstić information content (AvgIpc) is 3.06. The number of benzene rings is 1. The first-order valence-electron chi connectivity index (χ1n) is 8.55. The van der Waals surface area contributed by atoms with Gasteiger partial charge in [0.25, 0.3) is 0 Å². The minimum atomic E-state index is 0. The number of nitrogens with one attached hydrogen (secondary N) is 2. The lowest BCUT2D eigenvalue weighted by molar-refractivity contribution is 0.113. The summed E-state index contributed by atoms with van der Waals surface area (Å²) in [6, 6.07) is 8.06. The highest BCUT2D eigenvalue weighted by atomic mass is 127. The molecule has 0 radical (unpaired) electrons. The Balaban J connectivity index is 0.00000288. The first-order chi connectivity index (χ1) is 11.2. The van der Waals surface area contributed by atoms with Crippen molar-refractivity contribution in [3.05, 3.63) is 29.8 Å². The summed E-state index contributed by atoms with van der Waals surface area (Å²) in [6.07, 6.45) is 2.61. The highest BCUT2D eigenvalue weighted by Gasteiger charge is 2.15. The SMILES string of the molecule is CCNC(=NCC(C)Oc1ccccc1C)NCC1CCCO1.I. The molecule has 0 amide bonds. The Morgan fingerprint density at radius 2 is 2.17 bits per heavy atom. The molecule has 1 aliphatic heterocycles. The first-order valence-corrected chi connectivity index (χ1v) is 8.55. The molecule has 0 spiro atoms. The second-order valence-corrected chi connectivity index (χ2v) is 5.93. The number of hydrogen-bond acceptors (Lipinski definition) is 3. The highest BCUT2D eigenvalue weighted by molar-refractivity contribution is 14.0. The molecular weight excluding hydrogens is 417 g/mol. The third-order valence-electron chi connectivity index (χ3n) is 3.79. The highest BCUT2D eigenvalue weighted by Crippen LogP contribution is 2.17. The molecule has 1 heterocycles. The van der Waals surface area contributed by atoms with E-state index >= 15 is 0 Å². The van der Waals surface area contributed by atoms with Crippen LogP contribution in [0.25, 0.3) is 0 Å². The van der Waals surface area contributed by atoms with E-state index < -0.39 is 0 Å². The van der Waals surface area contributed by atoms with Gasteiger partial charge < -0.3 is 20.1 Å². The summed E-state index contributed by atoms with van der Waals surface area (Å²) < 4.78 is 11.6. The Morgan fingerprint density at radius 3 is 2.83 bits per heavy atom. The molecule has 1 aromatic carbocycles. The lowest BCUT2D eigenvalue weighted by Gasteiger charge is -2.17. The summed E-state index contributed by atoms with van der Waals surface area (Å²) in [6.45, 7) is 9.29. The van der Waals surface area contributed by atoms with E-state index in [0.717, 1.165) is 49.8 Å². The topological polar surface area (TPSA) is 54.9 Å². The third kappa shape index (κ3) is 7.25. The molecule has 0 aliphatic carbocycles. The summed E-state index contributed by atoms with van der Waals surface area (Å²) in [4.78, 5) is 4.61. The van der Waals surface area contributed by atoms with Crippen molar-refractivity contribution in [1.82, 2.24) is 10.6 Å². The van der Waals surface area contributed by atoms with E-state index in [1.165, 1.54) is 0 Å². The number of halogens is 1. The maximum Gasteiger partial charge on any atom is 0.191 e. The lowest BCUT2D eigenvalue weighted by Crippen LogP contribution is -2.41. The van der Waals surface area contributed by atoms with E-state index in [9.17, 15) is 0 Å². The summed E-state index contributed by atoms with van der Waals surface area (Å²) in [5, 5.41) is 6.62. The van der Waals surface area contributed by atoms with E-state index in [0.29, 0.717) is 12.6 Å². The minimum Gasteiger partial charge on any atom is -0.489 e. The fourth-order valence-electron chi connectivity index (χ4n) is 2.52. The van der Waals surface area contributed by atoms with E-state index in [1.54, 1.807) is 0 Å².